The van der Waals surface area contributed by atoms with Crippen molar-refractivity contribution in [2.24, 2.45) is 5.73 Å². The van der Waals surface area contributed by atoms with Gasteiger partial charge in [-0.15, -0.1) is 0 Å². The molecular formula is C11H19NO8. The van der Waals surface area contributed by atoms with Crippen molar-refractivity contribution in [2.75, 3.05) is 0 Å². The van der Waals surface area contributed by atoms with E-state index in [2.05, 4.69) is 0 Å². The first-order valence-electron chi connectivity index (χ1n) is 4.94. The van der Waals surface area contributed by atoms with Gasteiger partial charge in [-0.05, 0) is 24.6 Å². The van der Waals surface area contributed by atoms with Crippen LogP contribution in [0.25, 0.3) is 0 Å². The summed E-state index contributed by atoms with van der Waals surface area (Å²) in [5, 5.41) is 33.4. The summed E-state index contributed by atoms with van der Waals surface area (Å²) in [5.74, 6) is -3.50. The highest BCUT2D eigenvalue weighted by Gasteiger charge is 2.11. The molecule has 9 nitrogen and oxygen atoms in total. The van der Waals surface area contributed by atoms with Crippen LogP contribution in [0.5, 0.6) is 5.75 Å². The van der Waals surface area contributed by atoms with E-state index in [1.807, 2.05) is 0 Å². The minimum Gasteiger partial charge on any atom is -0.508 e. The fourth-order valence-electron chi connectivity index (χ4n) is 1.01. The van der Waals surface area contributed by atoms with Gasteiger partial charge < -0.3 is 37.1 Å². The minimum absolute atomic E-state index is 0. The van der Waals surface area contributed by atoms with Crippen molar-refractivity contribution in [1.82, 2.24) is 0 Å². The van der Waals surface area contributed by atoms with E-state index in [-0.39, 0.29) is 22.7 Å². The maximum Gasteiger partial charge on any atom is 0.414 e. The minimum atomic E-state index is -1.82. The molecule has 20 heavy (non-hydrogen) atoms. The third-order valence-corrected chi connectivity index (χ3v) is 1.89. The molecule has 0 aliphatic heterocycles. The van der Waals surface area contributed by atoms with Crippen molar-refractivity contribution in [3.05, 3.63) is 29.8 Å². The average Bonchev–Trinajstić information content (AvgIpc) is 2.28. The molecule has 0 fully saturated rings. The van der Waals surface area contributed by atoms with E-state index in [4.69, 9.17) is 30.6 Å². The molecule has 10 N–H and O–H groups in total. The third-order valence-electron chi connectivity index (χ3n) is 1.89. The summed E-state index contributed by atoms with van der Waals surface area (Å²) in [6.07, 6.45) is -0.711. The highest BCUT2D eigenvalue weighted by molar-refractivity contribution is 6.27. The maximum atomic E-state index is 9.49. The van der Waals surface area contributed by atoms with Gasteiger partial charge in [0.2, 0.25) is 0 Å². The number of aliphatic carboxylic acids is 2. The predicted molar refractivity (Wildman–Crippen MR) is 69.2 cm³/mol. The Balaban J connectivity index is -0.000000316. The van der Waals surface area contributed by atoms with Gasteiger partial charge in [0.15, 0.2) is 0 Å². The van der Waals surface area contributed by atoms with Gasteiger partial charge in [0.05, 0.1) is 6.10 Å². The molecule has 0 unspecified atom stereocenters. The van der Waals surface area contributed by atoms with Crippen LogP contribution in [0.1, 0.15) is 18.6 Å². The number of rotatable bonds is 2. The number of aliphatic hydroxyl groups excluding tert-OH is 1. The highest BCUT2D eigenvalue weighted by atomic mass is 16.4. The lowest BCUT2D eigenvalue weighted by Gasteiger charge is -2.14. The third kappa shape index (κ3) is 8.83. The van der Waals surface area contributed by atoms with Crippen molar-refractivity contribution in [3.8, 4) is 5.75 Å². The second-order valence-electron chi connectivity index (χ2n) is 3.51. The van der Waals surface area contributed by atoms with Gasteiger partial charge in [-0.3, -0.25) is 0 Å². The largest absolute Gasteiger partial charge is 0.508 e. The van der Waals surface area contributed by atoms with E-state index in [9.17, 15) is 5.11 Å². The molecule has 0 heterocycles. The highest BCUT2D eigenvalue weighted by Crippen LogP contribution is 2.19. The van der Waals surface area contributed by atoms with Crippen LogP contribution in [0.15, 0.2) is 24.3 Å². The molecule has 116 valence electrons. The number of aliphatic hydroxyl groups is 1. The number of benzene rings is 1. The van der Waals surface area contributed by atoms with Crippen LogP contribution in [-0.2, 0) is 9.59 Å². The molecule has 0 aliphatic carbocycles. The number of carboxylic acids is 2. The molecule has 0 aliphatic rings. The Hall–Kier alpha value is -2.20. The van der Waals surface area contributed by atoms with E-state index in [1.54, 1.807) is 25.1 Å². The van der Waals surface area contributed by atoms with Crippen molar-refractivity contribution in [2.45, 2.75) is 19.1 Å². The lowest BCUT2D eigenvalue weighted by Crippen LogP contribution is -2.24. The molecule has 0 amide bonds. The van der Waals surface area contributed by atoms with Crippen LogP contribution in [0.3, 0.4) is 0 Å². The van der Waals surface area contributed by atoms with Gasteiger partial charge in [0.25, 0.3) is 0 Å². The molecule has 0 spiro atoms. The van der Waals surface area contributed by atoms with Gasteiger partial charge in [0.1, 0.15) is 5.75 Å². The summed E-state index contributed by atoms with van der Waals surface area (Å²) in [6, 6.07) is 6.14. The number of phenols is 1. The van der Waals surface area contributed by atoms with E-state index in [0.717, 1.165) is 0 Å². The molecule has 0 aromatic heterocycles. The number of hydrogen-bond acceptors (Lipinski definition) is 5. The van der Waals surface area contributed by atoms with Crippen LogP contribution in [-0.4, -0.2) is 49.4 Å². The molecule has 1 aromatic carbocycles. The molecule has 9 heteroatoms. The Labute approximate surface area is 114 Å². The Morgan fingerprint density at radius 3 is 1.90 bits per heavy atom. The van der Waals surface area contributed by atoms with Crippen molar-refractivity contribution in [3.63, 3.8) is 0 Å². The summed E-state index contributed by atoms with van der Waals surface area (Å²) in [7, 11) is 0. The van der Waals surface area contributed by atoms with Gasteiger partial charge >= 0.3 is 11.9 Å². The summed E-state index contributed by atoms with van der Waals surface area (Å²) >= 11 is 0. The second kappa shape index (κ2) is 10.7. The molecule has 0 bridgehead atoms. The SMILES string of the molecule is C[C@H](N)[C@H](O)c1cccc(O)c1.O.O.O=C(O)C(=O)O. The van der Waals surface area contributed by atoms with E-state index in [0.29, 0.717) is 5.56 Å². The summed E-state index contributed by atoms with van der Waals surface area (Å²) in [4.78, 5) is 18.2. The predicted octanol–water partition coefficient (Wildman–Crippen LogP) is -1.72. The summed E-state index contributed by atoms with van der Waals surface area (Å²) < 4.78 is 0. The summed E-state index contributed by atoms with van der Waals surface area (Å²) in [6.45, 7) is 1.72. The first kappa shape index (κ1) is 22.9. The van der Waals surface area contributed by atoms with Crippen LogP contribution < -0.4 is 5.73 Å². The first-order valence-corrected chi connectivity index (χ1v) is 4.94. The zero-order valence-corrected chi connectivity index (χ0v) is 10.6. The number of aromatic hydroxyl groups is 1. The van der Waals surface area contributed by atoms with Gasteiger partial charge in [0, 0.05) is 6.04 Å². The van der Waals surface area contributed by atoms with Gasteiger partial charge in [-0.25, -0.2) is 9.59 Å². The Bertz CT molecular complexity index is 409. The monoisotopic (exact) mass is 293 g/mol. The fourth-order valence-corrected chi connectivity index (χ4v) is 1.01. The van der Waals surface area contributed by atoms with Crippen molar-refractivity contribution < 1.29 is 41.0 Å². The molecule has 2 atom stereocenters. The number of phenolic OH excluding ortho intramolecular Hbond substituents is 1. The van der Waals surface area contributed by atoms with Gasteiger partial charge in [-0.2, -0.15) is 0 Å². The van der Waals surface area contributed by atoms with Crippen LogP contribution in [0.4, 0.5) is 0 Å². The zero-order chi connectivity index (χ0) is 14.3. The maximum absolute atomic E-state index is 9.49. The molecular weight excluding hydrogens is 274 g/mol. The van der Waals surface area contributed by atoms with Gasteiger partial charge in [-0.1, -0.05) is 12.1 Å². The molecule has 1 rings (SSSR count). The number of carbonyl (C=O) groups is 2. The lowest BCUT2D eigenvalue weighted by molar-refractivity contribution is -0.159. The van der Waals surface area contributed by atoms with Crippen molar-refractivity contribution >= 4 is 11.9 Å². The van der Waals surface area contributed by atoms with Crippen LogP contribution in [0.2, 0.25) is 0 Å². The summed E-state index contributed by atoms with van der Waals surface area (Å²) in [5.41, 5.74) is 6.13. The first-order chi connectivity index (χ1) is 8.25. The van der Waals surface area contributed by atoms with E-state index >= 15 is 0 Å². The molecule has 0 radical (unpaired) electrons. The lowest BCUT2D eigenvalue weighted by atomic mass is 10.0. The molecule has 1 aromatic rings. The van der Waals surface area contributed by atoms with E-state index < -0.39 is 18.0 Å². The topological polar surface area (TPSA) is 204 Å². The number of carboxylic acid groups (broad SMARTS) is 2. The zero-order valence-electron chi connectivity index (χ0n) is 10.6. The number of nitrogens with two attached hydrogens (primary N) is 1. The van der Waals surface area contributed by atoms with Crippen molar-refractivity contribution in [1.29, 1.82) is 0 Å². The van der Waals surface area contributed by atoms with E-state index in [1.165, 1.54) is 6.07 Å². The standard InChI is InChI=1S/C9H13NO2.C2H2O4.2H2O/c1-6(10)9(12)7-3-2-4-8(11)5-7;3-1(4)2(5)6;;/h2-6,9,11-12H,10H2,1H3;(H,3,4)(H,5,6);2*1H2/t6-,9-;;;/m0.../s1. The van der Waals surface area contributed by atoms with Crippen LogP contribution in [0, 0.1) is 0 Å². The molecule has 0 saturated carbocycles. The quantitative estimate of drug-likeness (QED) is 0.398. The Morgan fingerprint density at radius 1 is 1.15 bits per heavy atom. The molecule has 0 saturated heterocycles. The smallest absolute Gasteiger partial charge is 0.414 e. The van der Waals surface area contributed by atoms with Crippen LogP contribution >= 0.6 is 0 Å². The average molecular weight is 293 g/mol. The number of hydrogen-bond donors (Lipinski definition) is 5. The second-order valence-corrected chi connectivity index (χ2v) is 3.51. The fraction of sp³-hybridized carbons (Fsp3) is 0.273. The Morgan fingerprint density at radius 2 is 1.60 bits per heavy atom. The normalized spacial score (nSPS) is 11.6. The Kier molecular flexibility index (Phi) is 12.3.